The molecule has 0 heterocycles. The van der Waals surface area contributed by atoms with Gasteiger partial charge in [0.2, 0.25) is 0 Å². The fraction of sp³-hybridized carbons (Fsp3) is 0.385. The number of benzene rings is 1. The van der Waals surface area contributed by atoms with E-state index in [1.807, 2.05) is 18.2 Å². The SMILES string of the molecule is COC(C/C=C(/C)c1ccccc1)OC. The first-order valence-corrected chi connectivity index (χ1v) is 5.05. The van der Waals surface area contributed by atoms with E-state index in [1.165, 1.54) is 11.1 Å². The molecule has 82 valence electrons. The van der Waals surface area contributed by atoms with E-state index >= 15 is 0 Å². The van der Waals surface area contributed by atoms with Crippen LogP contribution < -0.4 is 0 Å². The second-order valence-corrected chi connectivity index (χ2v) is 3.39. The summed E-state index contributed by atoms with van der Waals surface area (Å²) in [4.78, 5) is 0. The highest BCUT2D eigenvalue weighted by Gasteiger charge is 2.02. The maximum absolute atomic E-state index is 5.12. The van der Waals surface area contributed by atoms with Crippen LogP contribution in [-0.4, -0.2) is 20.5 Å². The van der Waals surface area contributed by atoms with Crippen molar-refractivity contribution in [1.82, 2.24) is 0 Å². The molecule has 2 heteroatoms. The summed E-state index contributed by atoms with van der Waals surface area (Å²) < 4.78 is 10.2. The average molecular weight is 206 g/mol. The molecule has 0 aliphatic carbocycles. The van der Waals surface area contributed by atoms with Crippen LogP contribution in [-0.2, 0) is 9.47 Å². The van der Waals surface area contributed by atoms with E-state index in [0.717, 1.165) is 6.42 Å². The molecule has 0 unspecified atom stereocenters. The summed E-state index contributed by atoms with van der Waals surface area (Å²) in [5, 5.41) is 0. The first-order chi connectivity index (χ1) is 7.27. The van der Waals surface area contributed by atoms with E-state index in [4.69, 9.17) is 9.47 Å². The number of hydrogen-bond donors (Lipinski definition) is 0. The molecular formula is C13H18O2. The number of hydrogen-bond acceptors (Lipinski definition) is 2. The van der Waals surface area contributed by atoms with Crippen molar-refractivity contribution in [2.24, 2.45) is 0 Å². The van der Waals surface area contributed by atoms with Crippen LogP contribution in [0.1, 0.15) is 18.9 Å². The average Bonchev–Trinajstić information content (AvgIpc) is 2.31. The van der Waals surface area contributed by atoms with Crippen molar-refractivity contribution in [2.75, 3.05) is 14.2 Å². The van der Waals surface area contributed by atoms with Gasteiger partial charge in [0.05, 0.1) is 0 Å². The van der Waals surface area contributed by atoms with Gasteiger partial charge in [-0.1, -0.05) is 36.4 Å². The third kappa shape index (κ3) is 3.86. The third-order valence-corrected chi connectivity index (χ3v) is 2.37. The maximum Gasteiger partial charge on any atom is 0.160 e. The Morgan fingerprint density at radius 3 is 2.33 bits per heavy atom. The smallest absolute Gasteiger partial charge is 0.160 e. The predicted molar refractivity (Wildman–Crippen MR) is 62.5 cm³/mol. The lowest BCUT2D eigenvalue weighted by atomic mass is 10.1. The van der Waals surface area contributed by atoms with Gasteiger partial charge in [0.15, 0.2) is 6.29 Å². The zero-order valence-corrected chi connectivity index (χ0v) is 9.57. The Bertz CT molecular complexity index is 300. The Kier molecular flexibility index (Phi) is 5.08. The molecule has 0 aliphatic heterocycles. The fourth-order valence-electron chi connectivity index (χ4n) is 1.38. The molecule has 0 N–H and O–H groups in total. The minimum absolute atomic E-state index is 0.149. The third-order valence-electron chi connectivity index (χ3n) is 2.37. The molecule has 0 amide bonds. The summed E-state index contributed by atoms with van der Waals surface area (Å²) >= 11 is 0. The van der Waals surface area contributed by atoms with Crippen LogP contribution in [0.25, 0.3) is 5.57 Å². The van der Waals surface area contributed by atoms with Gasteiger partial charge in [0, 0.05) is 20.6 Å². The first-order valence-electron chi connectivity index (χ1n) is 5.05. The van der Waals surface area contributed by atoms with Gasteiger partial charge in [0.25, 0.3) is 0 Å². The summed E-state index contributed by atoms with van der Waals surface area (Å²) in [6, 6.07) is 10.3. The zero-order chi connectivity index (χ0) is 11.1. The summed E-state index contributed by atoms with van der Waals surface area (Å²) in [7, 11) is 3.31. The van der Waals surface area contributed by atoms with Gasteiger partial charge in [-0.25, -0.2) is 0 Å². The number of allylic oxidation sites excluding steroid dienone is 1. The summed E-state index contributed by atoms with van der Waals surface area (Å²) in [6.45, 7) is 2.09. The molecule has 0 bridgehead atoms. The van der Waals surface area contributed by atoms with Crippen molar-refractivity contribution in [3.8, 4) is 0 Å². The largest absolute Gasteiger partial charge is 0.356 e. The second-order valence-electron chi connectivity index (χ2n) is 3.39. The Morgan fingerprint density at radius 1 is 1.20 bits per heavy atom. The van der Waals surface area contributed by atoms with Crippen molar-refractivity contribution in [3.05, 3.63) is 42.0 Å². The predicted octanol–water partition coefficient (Wildman–Crippen LogP) is 3.10. The van der Waals surface area contributed by atoms with Crippen molar-refractivity contribution in [1.29, 1.82) is 0 Å². The summed E-state index contributed by atoms with van der Waals surface area (Å²) in [5.41, 5.74) is 2.48. The highest BCUT2D eigenvalue weighted by Crippen LogP contribution is 2.14. The fourth-order valence-corrected chi connectivity index (χ4v) is 1.38. The Balaban J connectivity index is 2.60. The molecule has 0 spiro atoms. The number of rotatable bonds is 5. The first kappa shape index (κ1) is 12.0. The van der Waals surface area contributed by atoms with Crippen LogP contribution in [0.4, 0.5) is 0 Å². The molecule has 0 radical (unpaired) electrons. The Hall–Kier alpha value is -1.12. The zero-order valence-electron chi connectivity index (χ0n) is 9.57. The summed E-state index contributed by atoms with van der Waals surface area (Å²) in [5.74, 6) is 0. The molecule has 0 fully saturated rings. The van der Waals surface area contributed by atoms with Crippen molar-refractivity contribution >= 4 is 5.57 Å². The van der Waals surface area contributed by atoms with Gasteiger partial charge in [-0.15, -0.1) is 0 Å². The standard InChI is InChI=1S/C13H18O2/c1-11(9-10-13(14-2)15-3)12-7-5-4-6-8-12/h4-9,13H,10H2,1-3H3/b11-9-. The monoisotopic (exact) mass is 206 g/mol. The molecule has 15 heavy (non-hydrogen) atoms. The molecule has 1 aromatic carbocycles. The quantitative estimate of drug-likeness (QED) is 0.689. The minimum Gasteiger partial charge on any atom is -0.356 e. The van der Waals surface area contributed by atoms with Gasteiger partial charge >= 0.3 is 0 Å². The van der Waals surface area contributed by atoms with Crippen LogP contribution in [0.3, 0.4) is 0 Å². The van der Waals surface area contributed by atoms with Crippen molar-refractivity contribution in [3.63, 3.8) is 0 Å². The van der Waals surface area contributed by atoms with Crippen LogP contribution in [0.15, 0.2) is 36.4 Å². The van der Waals surface area contributed by atoms with Crippen molar-refractivity contribution in [2.45, 2.75) is 19.6 Å². The summed E-state index contributed by atoms with van der Waals surface area (Å²) in [6.07, 6.45) is 2.75. The molecule has 0 aliphatic rings. The molecule has 2 nitrogen and oxygen atoms in total. The molecule has 1 aromatic rings. The second kappa shape index (κ2) is 6.38. The molecular weight excluding hydrogens is 188 g/mol. The van der Waals surface area contributed by atoms with Gasteiger partial charge in [-0.2, -0.15) is 0 Å². The van der Waals surface area contributed by atoms with E-state index in [-0.39, 0.29) is 6.29 Å². The lowest BCUT2D eigenvalue weighted by Crippen LogP contribution is -2.11. The van der Waals surface area contributed by atoms with Crippen LogP contribution in [0, 0.1) is 0 Å². The number of methoxy groups -OCH3 is 2. The normalized spacial score (nSPS) is 12.1. The lowest BCUT2D eigenvalue weighted by molar-refractivity contribution is -0.0985. The van der Waals surface area contributed by atoms with E-state index in [2.05, 4.69) is 25.1 Å². The van der Waals surface area contributed by atoms with E-state index in [1.54, 1.807) is 14.2 Å². The van der Waals surface area contributed by atoms with Gasteiger partial charge in [-0.3, -0.25) is 0 Å². The maximum atomic E-state index is 5.12. The van der Waals surface area contributed by atoms with Crippen LogP contribution in [0.2, 0.25) is 0 Å². The highest BCUT2D eigenvalue weighted by atomic mass is 16.7. The van der Waals surface area contributed by atoms with Crippen LogP contribution >= 0.6 is 0 Å². The van der Waals surface area contributed by atoms with Gasteiger partial charge in [0.1, 0.15) is 0 Å². The number of ether oxygens (including phenoxy) is 2. The molecule has 0 saturated carbocycles. The minimum atomic E-state index is -0.149. The molecule has 0 aromatic heterocycles. The Morgan fingerprint density at radius 2 is 1.80 bits per heavy atom. The molecule has 0 atom stereocenters. The molecule has 1 rings (SSSR count). The van der Waals surface area contributed by atoms with E-state index in [9.17, 15) is 0 Å². The van der Waals surface area contributed by atoms with E-state index in [0.29, 0.717) is 0 Å². The van der Waals surface area contributed by atoms with Gasteiger partial charge in [-0.05, 0) is 18.1 Å². The van der Waals surface area contributed by atoms with Crippen molar-refractivity contribution < 1.29 is 9.47 Å². The molecule has 0 saturated heterocycles. The van der Waals surface area contributed by atoms with Gasteiger partial charge < -0.3 is 9.47 Å². The highest BCUT2D eigenvalue weighted by molar-refractivity contribution is 5.63. The van der Waals surface area contributed by atoms with E-state index < -0.39 is 0 Å². The topological polar surface area (TPSA) is 18.5 Å². The Labute approximate surface area is 91.5 Å². The van der Waals surface area contributed by atoms with Crippen LogP contribution in [0.5, 0.6) is 0 Å². The lowest BCUT2D eigenvalue weighted by Gasteiger charge is -2.11.